The van der Waals surface area contributed by atoms with Gasteiger partial charge >= 0.3 is 6.03 Å². The molecule has 0 bridgehead atoms. The normalized spacial score (nSPS) is 24.9. The van der Waals surface area contributed by atoms with E-state index in [0.29, 0.717) is 12.5 Å². The first-order valence-electron chi connectivity index (χ1n) is 7.18. The zero-order chi connectivity index (χ0) is 14.9. The number of nitrogens with one attached hydrogen (secondary N) is 1. The van der Waals surface area contributed by atoms with Crippen molar-refractivity contribution in [2.24, 2.45) is 11.3 Å². The third kappa shape index (κ3) is 2.85. The van der Waals surface area contributed by atoms with Gasteiger partial charge in [-0.25, -0.2) is 4.79 Å². The number of piperidine rings is 1. The first kappa shape index (κ1) is 15.0. The molecule has 20 heavy (non-hydrogen) atoms. The van der Waals surface area contributed by atoms with Gasteiger partial charge in [0.25, 0.3) is 0 Å². The first-order chi connectivity index (χ1) is 9.32. The Balaban J connectivity index is 1.93. The van der Waals surface area contributed by atoms with Gasteiger partial charge in [-0.2, -0.15) is 0 Å². The SMILES string of the molecule is CN1CCC(CCN2C(=O)NC(=O)C(C)(C)C2=O)CC1. The molecule has 0 unspecified atom stereocenters. The molecular weight excluding hydrogens is 258 g/mol. The van der Waals surface area contributed by atoms with E-state index in [-0.39, 0.29) is 5.91 Å². The standard InChI is InChI=1S/C14H23N3O3/c1-14(2)11(18)15-13(20)17(12(14)19)9-6-10-4-7-16(3)8-5-10/h10H,4-9H2,1-3H3,(H,15,18,20). The predicted octanol–water partition coefficient (Wildman–Crippen LogP) is 0.823. The minimum Gasteiger partial charge on any atom is -0.306 e. The molecule has 2 heterocycles. The average molecular weight is 281 g/mol. The molecule has 0 saturated carbocycles. The van der Waals surface area contributed by atoms with E-state index in [1.165, 1.54) is 4.90 Å². The number of hydrogen-bond acceptors (Lipinski definition) is 4. The van der Waals surface area contributed by atoms with Crippen LogP contribution in [-0.2, 0) is 9.59 Å². The summed E-state index contributed by atoms with van der Waals surface area (Å²) in [5, 5.41) is 2.26. The van der Waals surface area contributed by atoms with Crippen LogP contribution in [0.5, 0.6) is 0 Å². The fourth-order valence-electron chi connectivity index (χ4n) is 2.71. The summed E-state index contributed by atoms with van der Waals surface area (Å²) in [6.45, 7) is 5.64. The van der Waals surface area contributed by atoms with E-state index in [9.17, 15) is 14.4 Å². The van der Waals surface area contributed by atoms with E-state index in [1.807, 2.05) is 0 Å². The maximum absolute atomic E-state index is 12.2. The summed E-state index contributed by atoms with van der Waals surface area (Å²) in [5.74, 6) is -0.352. The van der Waals surface area contributed by atoms with Crippen molar-refractivity contribution in [3.63, 3.8) is 0 Å². The molecule has 0 aromatic rings. The van der Waals surface area contributed by atoms with Crippen molar-refractivity contribution in [1.29, 1.82) is 0 Å². The van der Waals surface area contributed by atoms with Crippen molar-refractivity contribution in [3.05, 3.63) is 0 Å². The minimum absolute atomic E-state index is 0.390. The van der Waals surface area contributed by atoms with E-state index in [1.54, 1.807) is 13.8 Å². The molecular formula is C14H23N3O3. The number of nitrogens with zero attached hydrogens (tertiary/aromatic N) is 2. The Kier molecular flexibility index (Phi) is 4.13. The molecule has 2 fully saturated rings. The number of carbonyl (C=O) groups is 3. The van der Waals surface area contributed by atoms with E-state index in [2.05, 4.69) is 17.3 Å². The molecule has 2 rings (SSSR count). The van der Waals surface area contributed by atoms with Gasteiger partial charge in [0.15, 0.2) is 0 Å². The highest BCUT2D eigenvalue weighted by Crippen LogP contribution is 2.25. The van der Waals surface area contributed by atoms with Gasteiger partial charge in [-0.1, -0.05) is 0 Å². The number of amides is 4. The molecule has 6 nitrogen and oxygen atoms in total. The lowest BCUT2D eigenvalue weighted by Crippen LogP contribution is -2.62. The van der Waals surface area contributed by atoms with Gasteiger partial charge in [0.05, 0.1) is 0 Å². The molecule has 112 valence electrons. The molecule has 0 aromatic heterocycles. The Labute approximate surface area is 119 Å². The highest BCUT2D eigenvalue weighted by atomic mass is 16.2. The predicted molar refractivity (Wildman–Crippen MR) is 73.9 cm³/mol. The second-order valence-electron chi connectivity index (χ2n) is 6.38. The van der Waals surface area contributed by atoms with Crippen LogP contribution in [0.1, 0.15) is 33.1 Å². The second-order valence-corrected chi connectivity index (χ2v) is 6.38. The maximum Gasteiger partial charge on any atom is 0.330 e. The third-order valence-corrected chi connectivity index (χ3v) is 4.41. The van der Waals surface area contributed by atoms with Crippen molar-refractivity contribution in [2.75, 3.05) is 26.7 Å². The number of carbonyl (C=O) groups excluding carboxylic acids is 3. The number of rotatable bonds is 3. The van der Waals surface area contributed by atoms with Crippen LogP contribution in [-0.4, -0.2) is 54.3 Å². The molecule has 0 atom stereocenters. The quantitative estimate of drug-likeness (QED) is 0.778. The summed E-state index contributed by atoms with van der Waals surface area (Å²) in [6.07, 6.45) is 3.02. The van der Waals surface area contributed by atoms with Gasteiger partial charge in [0.1, 0.15) is 5.41 Å². The fourth-order valence-corrected chi connectivity index (χ4v) is 2.71. The number of barbiturate groups is 1. The van der Waals surface area contributed by atoms with Crippen LogP contribution in [0.2, 0.25) is 0 Å². The van der Waals surface area contributed by atoms with Crippen molar-refractivity contribution in [1.82, 2.24) is 15.1 Å². The number of urea groups is 1. The van der Waals surface area contributed by atoms with Crippen molar-refractivity contribution < 1.29 is 14.4 Å². The largest absolute Gasteiger partial charge is 0.330 e. The number of hydrogen-bond donors (Lipinski definition) is 1. The highest BCUT2D eigenvalue weighted by Gasteiger charge is 2.46. The van der Waals surface area contributed by atoms with Gasteiger partial charge in [-0.15, -0.1) is 0 Å². The Morgan fingerprint density at radius 3 is 2.40 bits per heavy atom. The summed E-state index contributed by atoms with van der Waals surface area (Å²) in [7, 11) is 2.10. The lowest BCUT2D eigenvalue weighted by atomic mass is 9.88. The van der Waals surface area contributed by atoms with E-state index >= 15 is 0 Å². The van der Waals surface area contributed by atoms with E-state index in [4.69, 9.17) is 0 Å². The van der Waals surface area contributed by atoms with E-state index < -0.39 is 17.4 Å². The topological polar surface area (TPSA) is 69.7 Å². The molecule has 0 aromatic carbocycles. The van der Waals surface area contributed by atoms with Crippen LogP contribution >= 0.6 is 0 Å². The molecule has 0 radical (unpaired) electrons. The Morgan fingerprint density at radius 2 is 1.80 bits per heavy atom. The van der Waals surface area contributed by atoms with Gasteiger partial charge < -0.3 is 4.90 Å². The summed E-state index contributed by atoms with van der Waals surface area (Å²) < 4.78 is 0. The Bertz CT molecular complexity index is 425. The van der Waals surface area contributed by atoms with Crippen molar-refractivity contribution >= 4 is 17.8 Å². The Hall–Kier alpha value is -1.43. The summed E-state index contributed by atoms with van der Waals surface area (Å²) in [4.78, 5) is 39.1. The highest BCUT2D eigenvalue weighted by molar-refractivity contribution is 6.18. The first-order valence-corrected chi connectivity index (χ1v) is 7.18. The van der Waals surface area contributed by atoms with Gasteiger partial charge in [0, 0.05) is 6.54 Å². The summed E-state index contributed by atoms with van der Waals surface area (Å²) in [6, 6.07) is -0.577. The van der Waals surface area contributed by atoms with Crippen LogP contribution in [0, 0.1) is 11.3 Å². The smallest absolute Gasteiger partial charge is 0.306 e. The summed E-state index contributed by atoms with van der Waals surface area (Å²) >= 11 is 0. The minimum atomic E-state index is -1.15. The molecule has 1 N–H and O–H groups in total. The van der Waals surface area contributed by atoms with Gasteiger partial charge in [0.2, 0.25) is 11.8 Å². The monoisotopic (exact) mass is 281 g/mol. The van der Waals surface area contributed by atoms with Crippen molar-refractivity contribution in [2.45, 2.75) is 33.1 Å². The average Bonchev–Trinajstić information content (AvgIpc) is 2.39. The Morgan fingerprint density at radius 1 is 1.20 bits per heavy atom. The maximum atomic E-state index is 12.2. The number of imide groups is 2. The van der Waals surface area contributed by atoms with Crippen molar-refractivity contribution in [3.8, 4) is 0 Å². The van der Waals surface area contributed by atoms with Crippen LogP contribution in [0.15, 0.2) is 0 Å². The summed E-state index contributed by atoms with van der Waals surface area (Å²) in [5.41, 5.74) is -1.15. The molecule has 4 amide bonds. The lowest BCUT2D eigenvalue weighted by molar-refractivity contribution is -0.149. The van der Waals surface area contributed by atoms with Crippen LogP contribution < -0.4 is 5.32 Å². The van der Waals surface area contributed by atoms with E-state index in [0.717, 1.165) is 32.4 Å². The third-order valence-electron chi connectivity index (χ3n) is 4.41. The van der Waals surface area contributed by atoms with Crippen LogP contribution in [0.25, 0.3) is 0 Å². The molecule has 6 heteroatoms. The van der Waals surface area contributed by atoms with Gasteiger partial charge in [-0.05, 0) is 59.2 Å². The lowest BCUT2D eigenvalue weighted by Gasteiger charge is -2.36. The molecule has 0 aliphatic carbocycles. The second kappa shape index (κ2) is 5.52. The molecule has 2 aliphatic rings. The zero-order valence-electron chi connectivity index (χ0n) is 12.4. The number of likely N-dealkylation sites (tertiary alicyclic amines) is 1. The van der Waals surface area contributed by atoms with Gasteiger partial charge in [-0.3, -0.25) is 19.8 Å². The molecule has 0 spiro atoms. The van der Waals surface area contributed by atoms with Crippen LogP contribution in [0.3, 0.4) is 0 Å². The molecule has 2 saturated heterocycles. The molecule has 2 aliphatic heterocycles. The zero-order valence-corrected chi connectivity index (χ0v) is 12.4. The fraction of sp³-hybridized carbons (Fsp3) is 0.786. The van der Waals surface area contributed by atoms with Crippen LogP contribution in [0.4, 0.5) is 4.79 Å².